The van der Waals surface area contributed by atoms with Crippen molar-refractivity contribution >= 4 is 21.5 Å². The molecule has 0 aliphatic rings. The molecule has 5 aromatic rings. The smallest absolute Gasteiger partial charge is 0.268 e. The van der Waals surface area contributed by atoms with Crippen molar-refractivity contribution in [2.45, 2.75) is 24.7 Å². The van der Waals surface area contributed by atoms with Crippen LogP contribution in [0.25, 0.3) is 32.9 Å². The predicted molar refractivity (Wildman–Crippen MR) is 137 cm³/mol. The highest BCUT2D eigenvalue weighted by atomic mass is 19.4. The van der Waals surface area contributed by atoms with Gasteiger partial charge in [0.1, 0.15) is 0 Å². The van der Waals surface area contributed by atoms with E-state index in [0.29, 0.717) is 24.3 Å². The van der Waals surface area contributed by atoms with Gasteiger partial charge in [-0.15, -0.1) is 0 Å². The van der Waals surface area contributed by atoms with E-state index in [-0.39, 0.29) is 12.1 Å². The van der Waals surface area contributed by atoms with Crippen molar-refractivity contribution in [1.29, 1.82) is 10.5 Å². The van der Waals surface area contributed by atoms with E-state index in [1.165, 1.54) is 0 Å². The molecular formula is C28H6F12N4O4. The van der Waals surface area contributed by atoms with Crippen LogP contribution in [0.15, 0.2) is 55.6 Å². The van der Waals surface area contributed by atoms with Crippen LogP contribution in [0.4, 0.5) is 52.7 Å². The molecule has 246 valence electrons. The molecule has 5 rings (SSSR count). The number of hydrogen-bond acceptors (Lipinski definition) is 6. The summed E-state index contributed by atoms with van der Waals surface area (Å²) in [5.41, 5.74) is -22.8. The van der Waals surface area contributed by atoms with E-state index in [9.17, 15) is 71.9 Å². The van der Waals surface area contributed by atoms with Gasteiger partial charge in [-0.2, -0.15) is 63.2 Å². The van der Waals surface area contributed by atoms with Crippen LogP contribution in [-0.4, -0.2) is 9.13 Å². The molecule has 2 heterocycles. The Morgan fingerprint density at radius 3 is 0.938 bits per heavy atom. The van der Waals surface area contributed by atoms with Crippen molar-refractivity contribution < 1.29 is 52.7 Å². The summed E-state index contributed by atoms with van der Waals surface area (Å²) in [7, 11) is 0. The molecule has 0 fully saturated rings. The van der Waals surface area contributed by atoms with Crippen LogP contribution in [0.5, 0.6) is 0 Å². The summed E-state index contributed by atoms with van der Waals surface area (Å²) in [5, 5.41) is 9.22. The van der Waals surface area contributed by atoms with E-state index < -0.39 is 122 Å². The second kappa shape index (κ2) is 10.3. The summed E-state index contributed by atoms with van der Waals surface area (Å²) in [6.45, 7) is 0. The standard InChI is InChI=1S/C28H6F12N4O4/c29-25(30,31)13-5-11(3-1-9(13)7-41)43-21(45)15-16(22(43)46)20(28(38,39)40)18-17(19(15)27(35,36)37)23(47)44(24(18)48)12-4-2-10(8-42)14(6-12)26(32,33)34/h1-6H. The molecule has 0 atom stereocenters. The Hall–Kier alpha value is -5.92. The van der Waals surface area contributed by atoms with Crippen molar-refractivity contribution in [2.75, 3.05) is 0 Å². The molecule has 0 aliphatic carbocycles. The summed E-state index contributed by atoms with van der Waals surface area (Å²) in [6.07, 6.45) is -22.9. The normalized spacial score (nSPS) is 12.9. The third-order valence-corrected chi connectivity index (χ3v) is 7.11. The molecular weight excluding hydrogens is 684 g/mol. The quantitative estimate of drug-likeness (QED) is 0.219. The van der Waals surface area contributed by atoms with Crippen molar-refractivity contribution in [3.63, 3.8) is 0 Å². The van der Waals surface area contributed by atoms with Crippen LogP contribution in [0.1, 0.15) is 33.4 Å². The van der Waals surface area contributed by atoms with Crippen LogP contribution >= 0.6 is 0 Å². The second-order valence-corrected chi connectivity index (χ2v) is 9.82. The number of benzene rings is 3. The fraction of sp³-hybridized carbons (Fsp3) is 0.143. The van der Waals surface area contributed by atoms with E-state index in [1.54, 1.807) is 0 Å². The fourth-order valence-corrected chi connectivity index (χ4v) is 5.28. The minimum absolute atomic E-state index is 0.0738. The molecule has 0 radical (unpaired) electrons. The predicted octanol–water partition coefficient (Wildman–Crippen LogP) is 5.71. The molecule has 2 aromatic heterocycles. The molecule has 48 heavy (non-hydrogen) atoms. The van der Waals surface area contributed by atoms with Crippen LogP contribution in [0.2, 0.25) is 0 Å². The molecule has 0 unspecified atom stereocenters. The van der Waals surface area contributed by atoms with Gasteiger partial charge in [-0.25, -0.2) is 9.13 Å². The van der Waals surface area contributed by atoms with E-state index >= 15 is 0 Å². The van der Waals surface area contributed by atoms with E-state index in [2.05, 4.69) is 0 Å². The Morgan fingerprint density at radius 2 is 0.729 bits per heavy atom. The lowest BCUT2D eigenvalue weighted by molar-refractivity contribution is -0.138. The summed E-state index contributed by atoms with van der Waals surface area (Å²) in [5.74, 6) is 0. The molecule has 0 N–H and O–H groups in total. The minimum atomic E-state index is -6.06. The number of hydrogen-bond donors (Lipinski definition) is 0. The van der Waals surface area contributed by atoms with Gasteiger partial charge in [0.15, 0.2) is 0 Å². The minimum Gasteiger partial charge on any atom is -0.268 e. The van der Waals surface area contributed by atoms with Gasteiger partial charge in [-0.3, -0.25) is 19.2 Å². The fourth-order valence-electron chi connectivity index (χ4n) is 5.28. The van der Waals surface area contributed by atoms with Gasteiger partial charge >= 0.3 is 24.7 Å². The second-order valence-electron chi connectivity index (χ2n) is 9.82. The van der Waals surface area contributed by atoms with Gasteiger partial charge in [0.25, 0.3) is 22.2 Å². The maximum Gasteiger partial charge on any atom is 0.418 e. The Kier molecular flexibility index (Phi) is 7.17. The average Bonchev–Trinajstić information content (AvgIpc) is 3.37. The van der Waals surface area contributed by atoms with Crippen LogP contribution in [-0.2, 0) is 24.7 Å². The number of nitriles is 2. The Morgan fingerprint density at radius 1 is 0.458 bits per heavy atom. The third kappa shape index (κ3) is 4.87. The third-order valence-electron chi connectivity index (χ3n) is 7.11. The molecule has 0 saturated heterocycles. The summed E-state index contributed by atoms with van der Waals surface area (Å²) >= 11 is 0. The molecule has 0 spiro atoms. The lowest BCUT2D eigenvalue weighted by Crippen LogP contribution is -2.26. The SMILES string of the molecule is N#Cc1ccc(-n2c(=O)c3c(C(F)(F)F)c4c(=O)n(-c5ccc(C#N)c(C(F)(F)F)c5)c(=O)c4c(C(F)(F)F)c3c2=O)cc1C(F)(F)F. The molecule has 0 saturated carbocycles. The zero-order valence-corrected chi connectivity index (χ0v) is 22.4. The zero-order chi connectivity index (χ0) is 36.0. The molecule has 0 aliphatic heterocycles. The van der Waals surface area contributed by atoms with E-state index in [4.69, 9.17) is 10.5 Å². The van der Waals surface area contributed by atoms with Crippen LogP contribution in [0.3, 0.4) is 0 Å². The van der Waals surface area contributed by atoms with Crippen molar-refractivity contribution in [2.24, 2.45) is 0 Å². The average molecular weight is 690 g/mol. The molecule has 3 aromatic carbocycles. The number of rotatable bonds is 2. The van der Waals surface area contributed by atoms with Crippen LogP contribution in [0, 0.1) is 22.7 Å². The zero-order valence-electron chi connectivity index (χ0n) is 22.4. The van der Waals surface area contributed by atoms with Gasteiger partial charge in [0.05, 0.1) is 78.4 Å². The first kappa shape index (κ1) is 33.4. The number of halogens is 12. The van der Waals surface area contributed by atoms with Gasteiger partial charge in [-0.05, 0) is 36.4 Å². The highest BCUT2D eigenvalue weighted by Crippen LogP contribution is 2.44. The number of fused-ring (bicyclic) bond motifs is 2. The molecule has 20 heteroatoms. The number of alkyl halides is 12. The molecule has 0 amide bonds. The van der Waals surface area contributed by atoms with Gasteiger partial charge in [0.2, 0.25) is 0 Å². The first-order valence-electron chi connectivity index (χ1n) is 12.3. The lowest BCUT2D eigenvalue weighted by Gasteiger charge is -2.13. The maximum absolute atomic E-state index is 14.6. The monoisotopic (exact) mass is 690 g/mol. The van der Waals surface area contributed by atoms with Gasteiger partial charge in [0, 0.05) is 0 Å². The Bertz CT molecular complexity index is 2260. The van der Waals surface area contributed by atoms with Crippen molar-refractivity contribution in [1.82, 2.24) is 9.13 Å². The number of nitrogens with zero attached hydrogens (tertiary/aromatic N) is 4. The van der Waals surface area contributed by atoms with Gasteiger partial charge < -0.3 is 0 Å². The summed E-state index contributed by atoms with van der Waals surface area (Å²) in [4.78, 5) is 53.4. The van der Waals surface area contributed by atoms with E-state index in [0.717, 1.165) is 12.1 Å². The Balaban J connectivity index is 2.06. The van der Waals surface area contributed by atoms with Gasteiger partial charge in [-0.1, -0.05) is 0 Å². The molecule has 8 nitrogen and oxygen atoms in total. The highest BCUT2D eigenvalue weighted by Gasteiger charge is 2.47. The summed E-state index contributed by atoms with van der Waals surface area (Å²) in [6, 6.07) is 3.72. The lowest BCUT2D eigenvalue weighted by atomic mass is 9.96. The van der Waals surface area contributed by atoms with Crippen molar-refractivity contribution in [3.8, 4) is 23.5 Å². The number of aromatic nitrogens is 2. The van der Waals surface area contributed by atoms with Crippen molar-refractivity contribution in [3.05, 3.63) is 111 Å². The largest absolute Gasteiger partial charge is 0.418 e. The highest BCUT2D eigenvalue weighted by molar-refractivity contribution is 6.07. The Labute approximate surface area is 253 Å². The topological polar surface area (TPSA) is 126 Å². The first-order chi connectivity index (χ1) is 22.0. The van der Waals surface area contributed by atoms with E-state index in [1.807, 2.05) is 0 Å². The summed E-state index contributed by atoms with van der Waals surface area (Å²) < 4.78 is 168. The maximum atomic E-state index is 14.6. The molecule has 0 bridgehead atoms. The first-order valence-corrected chi connectivity index (χ1v) is 12.3. The van der Waals surface area contributed by atoms with Crippen LogP contribution < -0.4 is 22.2 Å².